The molecule has 0 fully saturated rings. The topological polar surface area (TPSA) is 0 Å². The molecule has 0 radical (unpaired) electrons. The van der Waals surface area contributed by atoms with Crippen LogP contribution in [-0.4, -0.2) is 3.71 Å². The van der Waals surface area contributed by atoms with E-state index in [2.05, 4.69) is 99.9 Å². The van der Waals surface area contributed by atoms with Crippen molar-refractivity contribution in [3.8, 4) is 0 Å². The number of halogens is 2. The van der Waals surface area contributed by atoms with Crippen LogP contribution in [0.1, 0.15) is 77.5 Å². The summed E-state index contributed by atoms with van der Waals surface area (Å²) in [4.78, 5) is 0. The first-order valence-corrected chi connectivity index (χ1v) is 12.7. The second-order valence-corrected chi connectivity index (χ2v) is 10.9. The molecule has 33 heavy (non-hydrogen) atoms. The predicted molar refractivity (Wildman–Crippen MR) is 150 cm³/mol. The molecule has 0 spiro atoms. The van der Waals surface area contributed by atoms with Gasteiger partial charge in [0.1, 0.15) is 0 Å². The zero-order valence-electron chi connectivity index (χ0n) is 21.6. The smallest absolute Gasteiger partial charge is 0.0512 e. The van der Waals surface area contributed by atoms with Crippen LogP contribution in [0.4, 0.5) is 0 Å². The Morgan fingerprint density at radius 2 is 1.48 bits per heavy atom. The van der Waals surface area contributed by atoms with Crippen LogP contribution in [0.2, 0.25) is 0 Å². The number of benzene rings is 1. The Morgan fingerprint density at radius 3 is 1.94 bits per heavy atom. The first kappa shape index (κ1) is 34.5. The predicted octanol–water partition coefficient (Wildman–Crippen LogP) is 9.10. The molecule has 0 saturated carbocycles. The zero-order chi connectivity index (χ0) is 22.2. The molecule has 0 aliphatic heterocycles. The minimum absolute atomic E-state index is 0. The Kier molecular flexibility index (Phi) is 16.9. The SMILES string of the molecule is CC(C)(C)C1=[C-]CC=C1C(C)(C)C.Cl.Cl.[CH3-].[Zr]=[CH]c1ccccc1.c1cc2c([cH-]1)CCCC2. The third-order valence-corrected chi connectivity index (χ3v) is 6.35. The molecule has 0 atom stereocenters. The third kappa shape index (κ3) is 11.6. The van der Waals surface area contributed by atoms with E-state index in [1.54, 1.807) is 11.1 Å². The second kappa shape index (κ2) is 16.1. The maximum absolute atomic E-state index is 3.48. The van der Waals surface area contributed by atoms with Crippen LogP contribution in [0.25, 0.3) is 0 Å². The third-order valence-electron chi connectivity index (χ3n) is 5.53. The Morgan fingerprint density at radius 1 is 0.879 bits per heavy atom. The van der Waals surface area contributed by atoms with Gasteiger partial charge in [-0.15, -0.1) is 31.2 Å². The summed E-state index contributed by atoms with van der Waals surface area (Å²) in [5.74, 6) is 0. The van der Waals surface area contributed by atoms with Crippen LogP contribution in [0.3, 0.4) is 0 Å². The molecule has 0 saturated heterocycles. The zero-order valence-corrected chi connectivity index (χ0v) is 25.7. The number of allylic oxidation sites excluding steroid dienone is 4. The van der Waals surface area contributed by atoms with E-state index in [1.165, 1.54) is 66.6 Å². The van der Waals surface area contributed by atoms with E-state index in [9.17, 15) is 0 Å². The first-order valence-electron chi connectivity index (χ1n) is 11.2. The summed E-state index contributed by atoms with van der Waals surface area (Å²) >= 11 is 1.46. The molecule has 0 bridgehead atoms. The van der Waals surface area contributed by atoms with Crippen molar-refractivity contribution in [2.24, 2.45) is 10.8 Å². The van der Waals surface area contributed by atoms with E-state index < -0.39 is 0 Å². The fourth-order valence-corrected chi connectivity index (χ4v) is 4.44. The van der Waals surface area contributed by atoms with Crippen LogP contribution in [0, 0.1) is 24.3 Å². The fourth-order valence-electron chi connectivity index (χ4n) is 3.97. The Bertz CT molecular complexity index is 810. The van der Waals surface area contributed by atoms with Gasteiger partial charge in [-0.2, -0.15) is 34.9 Å². The normalized spacial score (nSPS) is 14.1. The van der Waals surface area contributed by atoms with Gasteiger partial charge in [0.25, 0.3) is 0 Å². The largest absolute Gasteiger partial charge is 0.210 e. The summed E-state index contributed by atoms with van der Waals surface area (Å²) < 4.78 is 2.17. The van der Waals surface area contributed by atoms with Crippen molar-refractivity contribution in [2.75, 3.05) is 0 Å². The van der Waals surface area contributed by atoms with E-state index >= 15 is 0 Å². The minimum Gasteiger partial charge on any atom is -0.210 e. The second-order valence-electron chi connectivity index (χ2n) is 10.2. The van der Waals surface area contributed by atoms with Crippen molar-refractivity contribution in [3.63, 3.8) is 0 Å². The molecule has 0 heterocycles. The molecule has 3 heteroatoms. The quantitative estimate of drug-likeness (QED) is 0.303. The Hall–Kier alpha value is -0.617. The monoisotopic (exact) mass is 563 g/mol. The summed E-state index contributed by atoms with van der Waals surface area (Å²) in [5.41, 5.74) is 7.94. The Labute approximate surface area is 231 Å². The van der Waals surface area contributed by atoms with Gasteiger partial charge in [-0.1, -0.05) is 72.6 Å². The van der Waals surface area contributed by atoms with Crippen molar-refractivity contribution in [1.29, 1.82) is 0 Å². The molecule has 4 rings (SSSR count). The van der Waals surface area contributed by atoms with Gasteiger partial charge >= 0.3 is 63.8 Å². The molecule has 0 nitrogen and oxygen atoms in total. The van der Waals surface area contributed by atoms with Gasteiger partial charge in [-0.3, -0.25) is 6.08 Å². The molecule has 2 aromatic rings. The molecule has 2 aliphatic rings. The van der Waals surface area contributed by atoms with Gasteiger partial charge < -0.3 is 7.43 Å². The van der Waals surface area contributed by atoms with E-state index in [1.807, 2.05) is 6.07 Å². The van der Waals surface area contributed by atoms with Crippen molar-refractivity contribution in [1.82, 2.24) is 0 Å². The molecule has 0 N–H and O–H groups in total. The van der Waals surface area contributed by atoms with Crippen LogP contribution >= 0.6 is 24.8 Å². The minimum atomic E-state index is 0. The van der Waals surface area contributed by atoms with Gasteiger partial charge in [0, 0.05) is 0 Å². The Balaban J connectivity index is 0. The van der Waals surface area contributed by atoms with Crippen molar-refractivity contribution >= 4 is 28.5 Å². The van der Waals surface area contributed by atoms with Crippen molar-refractivity contribution in [3.05, 3.63) is 95.9 Å². The van der Waals surface area contributed by atoms with Gasteiger partial charge in [0.05, 0.1) is 0 Å². The summed E-state index contributed by atoms with van der Waals surface area (Å²) in [6.07, 6.45) is 12.2. The van der Waals surface area contributed by atoms with Gasteiger partial charge in [0.15, 0.2) is 0 Å². The van der Waals surface area contributed by atoms with Gasteiger partial charge in [-0.25, -0.2) is 11.6 Å². The van der Waals surface area contributed by atoms with E-state index in [0.717, 1.165) is 6.42 Å². The molecule has 2 aliphatic carbocycles. The molecule has 184 valence electrons. The van der Waals surface area contributed by atoms with E-state index in [0.29, 0.717) is 0 Å². The van der Waals surface area contributed by atoms with Crippen LogP contribution in [0.15, 0.2) is 65.8 Å². The van der Waals surface area contributed by atoms with Gasteiger partial charge in [0.2, 0.25) is 0 Å². The summed E-state index contributed by atoms with van der Waals surface area (Å²) in [6, 6.07) is 17.0. The fraction of sp³-hybridized carbons (Fsp3) is 0.433. The molecule has 0 unspecified atom stereocenters. The van der Waals surface area contributed by atoms with Crippen LogP contribution < -0.4 is 0 Å². The molecular weight excluding hydrogens is 522 g/mol. The molecule has 0 amide bonds. The standard InChI is InChI=1S/C13H21.C9H11.C7H6.CH3.2ClH.Zr/c1-12(2,3)10-8-7-9-11(10)13(4,5)6;1-2-5-9-7-3-6-8(9)4-1;1-7-5-3-2-4-6-7;;;;/h8H,7H2,1-6H3;3,6-7H,1-2,4-5H2;1-6H;1H3;2*1H;/q2*-1;;-1;;;. The number of fused-ring (bicyclic) bond motifs is 1. The molecule has 2 aromatic carbocycles. The number of aryl methyl sites for hydroxylation is 2. The average Bonchev–Trinajstić information content (AvgIpc) is 3.38. The molecular formula is C30H43Cl2Zr-3. The molecule has 0 aromatic heterocycles. The summed E-state index contributed by atoms with van der Waals surface area (Å²) in [7, 11) is 0. The maximum Gasteiger partial charge on any atom is -0.0512 e. The number of hydrogen-bond donors (Lipinski definition) is 0. The number of hydrogen-bond acceptors (Lipinski definition) is 0. The van der Waals surface area contributed by atoms with E-state index in [4.69, 9.17) is 0 Å². The summed E-state index contributed by atoms with van der Waals surface area (Å²) in [5, 5.41) is 0. The first-order chi connectivity index (χ1) is 14.1. The van der Waals surface area contributed by atoms with Crippen LogP contribution in [0.5, 0.6) is 0 Å². The number of rotatable bonds is 1. The van der Waals surface area contributed by atoms with Gasteiger partial charge in [-0.05, 0) is 5.41 Å². The summed E-state index contributed by atoms with van der Waals surface area (Å²) in [6.45, 7) is 13.6. The van der Waals surface area contributed by atoms with Crippen molar-refractivity contribution in [2.45, 2.75) is 73.6 Å². The van der Waals surface area contributed by atoms with E-state index in [-0.39, 0.29) is 43.1 Å². The van der Waals surface area contributed by atoms with Crippen LogP contribution in [-0.2, 0) is 37.1 Å². The van der Waals surface area contributed by atoms with Crippen molar-refractivity contribution < 1.29 is 24.2 Å². The maximum atomic E-state index is 3.48. The average molecular weight is 566 g/mol.